The van der Waals surface area contributed by atoms with Gasteiger partial charge in [-0.3, -0.25) is 0 Å². The highest BCUT2D eigenvalue weighted by Crippen LogP contribution is 2.46. The van der Waals surface area contributed by atoms with Crippen LogP contribution in [0.1, 0.15) is 51.9 Å². The highest BCUT2D eigenvalue weighted by atomic mass is 15.1. The van der Waals surface area contributed by atoms with Crippen LogP contribution in [-0.4, -0.2) is 37.6 Å². The Bertz CT molecular complexity index is 260. The normalized spacial score (nSPS) is 37.2. The number of nitrogens with one attached hydrogen (secondary N) is 1. The highest BCUT2D eigenvalue weighted by molar-refractivity contribution is 4.90. The van der Waals surface area contributed by atoms with Crippen molar-refractivity contribution in [1.29, 1.82) is 0 Å². The van der Waals surface area contributed by atoms with Gasteiger partial charge in [-0.1, -0.05) is 19.8 Å². The van der Waals surface area contributed by atoms with Crippen molar-refractivity contribution in [2.24, 2.45) is 17.3 Å². The first-order chi connectivity index (χ1) is 8.77. The first-order valence-corrected chi connectivity index (χ1v) is 8.21. The van der Waals surface area contributed by atoms with Crippen molar-refractivity contribution in [3.63, 3.8) is 0 Å². The zero-order valence-electron chi connectivity index (χ0n) is 12.1. The molecule has 3 fully saturated rings. The Morgan fingerprint density at radius 3 is 2.50 bits per heavy atom. The molecule has 2 unspecified atom stereocenters. The van der Waals surface area contributed by atoms with Gasteiger partial charge in [0, 0.05) is 6.54 Å². The van der Waals surface area contributed by atoms with Crippen LogP contribution < -0.4 is 5.32 Å². The lowest BCUT2D eigenvalue weighted by molar-refractivity contribution is 0.0806. The topological polar surface area (TPSA) is 15.3 Å². The molecular formula is C16H30N2. The number of nitrogens with zero attached hydrogens (tertiary/aromatic N) is 1. The van der Waals surface area contributed by atoms with Crippen LogP contribution in [0.4, 0.5) is 0 Å². The van der Waals surface area contributed by atoms with Crippen molar-refractivity contribution in [2.45, 2.75) is 51.9 Å². The summed E-state index contributed by atoms with van der Waals surface area (Å²) in [7, 11) is 0. The highest BCUT2D eigenvalue weighted by Gasteiger charge is 2.37. The number of piperidine rings is 2. The van der Waals surface area contributed by atoms with E-state index in [2.05, 4.69) is 17.1 Å². The van der Waals surface area contributed by atoms with Crippen molar-refractivity contribution in [3.8, 4) is 0 Å². The fraction of sp³-hybridized carbons (Fsp3) is 1.00. The standard InChI is InChI=1S/C16H30N2/c1-14-12-17-9-4-15(14)13-18-10-7-16(8-11-18)5-2-3-6-16/h14-15,17H,2-13H2,1H3. The van der Waals surface area contributed by atoms with E-state index in [1.54, 1.807) is 0 Å². The van der Waals surface area contributed by atoms with Crippen LogP contribution in [0, 0.1) is 17.3 Å². The Kier molecular flexibility index (Phi) is 3.95. The molecule has 1 aliphatic carbocycles. The molecule has 2 aliphatic heterocycles. The molecule has 1 saturated carbocycles. The summed E-state index contributed by atoms with van der Waals surface area (Å²) in [4.78, 5) is 2.77. The summed E-state index contributed by atoms with van der Waals surface area (Å²) in [5, 5.41) is 3.52. The Morgan fingerprint density at radius 2 is 1.83 bits per heavy atom. The maximum atomic E-state index is 3.52. The SMILES string of the molecule is CC1CNCCC1CN1CCC2(CCCC2)CC1. The smallest absolute Gasteiger partial charge is 0.00132 e. The van der Waals surface area contributed by atoms with E-state index in [1.165, 1.54) is 77.7 Å². The Labute approximate surface area is 113 Å². The molecule has 2 atom stereocenters. The van der Waals surface area contributed by atoms with Gasteiger partial charge in [0.25, 0.3) is 0 Å². The number of rotatable bonds is 2. The van der Waals surface area contributed by atoms with E-state index in [0.29, 0.717) is 0 Å². The summed E-state index contributed by atoms with van der Waals surface area (Å²) in [6, 6.07) is 0. The maximum absolute atomic E-state index is 3.52. The predicted octanol–water partition coefficient (Wildman–Crippen LogP) is 2.89. The van der Waals surface area contributed by atoms with Gasteiger partial charge in [-0.05, 0) is 75.5 Å². The molecule has 18 heavy (non-hydrogen) atoms. The zero-order chi connectivity index (χ0) is 12.4. The molecule has 2 nitrogen and oxygen atoms in total. The molecule has 0 bridgehead atoms. The third-order valence-electron chi connectivity index (χ3n) is 6.04. The summed E-state index contributed by atoms with van der Waals surface area (Å²) in [5.74, 6) is 1.82. The first kappa shape index (κ1) is 12.9. The second kappa shape index (κ2) is 5.50. The lowest BCUT2D eigenvalue weighted by Gasteiger charge is -2.42. The fourth-order valence-electron chi connectivity index (χ4n) is 4.51. The monoisotopic (exact) mass is 250 g/mol. The molecule has 0 aromatic carbocycles. The lowest BCUT2D eigenvalue weighted by atomic mass is 9.76. The van der Waals surface area contributed by atoms with Gasteiger partial charge >= 0.3 is 0 Å². The third kappa shape index (κ3) is 2.75. The van der Waals surface area contributed by atoms with Crippen molar-refractivity contribution in [1.82, 2.24) is 10.2 Å². The molecule has 104 valence electrons. The van der Waals surface area contributed by atoms with E-state index in [-0.39, 0.29) is 0 Å². The van der Waals surface area contributed by atoms with Crippen LogP contribution >= 0.6 is 0 Å². The fourth-order valence-corrected chi connectivity index (χ4v) is 4.51. The van der Waals surface area contributed by atoms with Crippen LogP contribution in [0.2, 0.25) is 0 Å². The Hall–Kier alpha value is -0.0800. The summed E-state index contributed by atoms with van der Waals surface area (Å²) >= 11 is 0. The molecule has 0 amide bonds. The summed E-state index contributed by atoms with van der Waals surface area (Å²) in [6.07, 6.45) is 10.5. The molecule has 2 saturated heterocycles. The molecule has 1 spiro atoms. The predicted molar refractivity (Wildman–Crippen MR) is 76.7 cm³/mol. The molecule has 2 heterocycles. The van der Waals surface area contributed by atoms with Gasteiger partial charge in [-0.25, -0.2) is 0 Å². The van der Waals surface area contributed by atoms with Crippen LogP contribution in [0.3, 0.4) is 0 Å². The molecule has 3 rings (SSSR count). The van der Waals surface area contributed by atoms with E-state index < -0.39 is 0 Å². The number of hydrogen-bond acceptors (Lipinski definition) is 2. The molecular weight excluding hydrogens is 220 g/mol. The van der Waals surface area contributed by atoms with Gasteiger partial charge in [0.2, 0.25) is 0 Å². The number of hydrogen-bond donors (Lipinski definition) is 1. The average Bonchev–Trinajstić information content (AvgIpc) is 2.84. The van der Waals surface area contributed by atoms with E-state index in [4.69, 9.17) is 0 Å². The van der Waals surface area contributed by atoms with E-state index in [9.17, 15) is 0 Å². The van der Waals surface area contributed by atoms with Crippen LogP contribution in [0.5, 0.6) is 0 Å². The van der Waals surface area contributed by atoms with Crippen molar-refractivity contribution >= 4 is 0 Å². The minimum atomic E-state index is 0.788. The molecule has 3 aliphatic rings. The first-order valence-electron chi connectivity index (χ1n) is 8.21. The van der Waals surface area contributed by atoms with Gasteiger partial charge in [-0.15, -0.1) is 0 Å². The van der Waals surface area contributed by atoms with Crippen LogP contribution in [0.15, 0.2) is 0 Å². The largest absolute Gasteiger partial charge is 0.316 e. The molecule has 2 heteroatoms. The zero-order valence-corrected chi connectivity index (χ0v) is 12.1. The summed E-state index contributed by atoms with van der Waals surface area (Å²) in [5.41, 5.74) is 0.788. The van der Waals surface area contributed by atoms with Crippen molar-refractivity contribution < 1.29 is 0 Å². The van der Waals surface area contributed by atoms with Crippen LogP contribution in [0.25, 0.3) is 0 Å². The van der Waals surface area contributed by atoms with Gasteiger partial charge in [0.1, 0.15) is 0 Å². The molecule has 0 aromatic rings. The van der Waals surface area contributed by atoms with Gasteiger partial charge in [0.15, 0.2) is 0 Å². The second-order valence-electron chi connectivity index (χ2n) is 7.24. The minimum absolute atomic E-state index is 0.788. The van der Waals surface area contributed by atoms with Crippen molar-refractivity contribution in [2.75, 3.05) is 32.7 Å². The average molecular weight is 250 g/mol. The van der Waals surface area contributed by atoms with Crippen molar-refractivity contribution in [3.05, 3.63) is 0 Å². The third-order valence-corrected chi connectivity index (χ3v) is 6.04. The Balaban J connectivity index is 1.47. The van der Waals surface area contributed by atoms with Gasteiger partial charge in [-0.2, -0.15) is 0 Å². The van der Waals surface area contributed by atoms with Gasteiger partial charge in [0.05, 0.1) is 0 Å². The lowest BCUT2D eigenvalue weighted by Crippen LogP contribution is -2.45. The summed E-state index contributed by atoms with van der Waals surface area (Å²) in [6.45, 7) is 9.06. The minimum Gasteiger partial charge on any atom is -0.316 e. The molecule has 0 aromatic heterocycles. The van der Waals surface area contributed by atoms with E-state index in [0.717, 1.165) is 17.3 Å². The number of likely N-dealkylation sites (tertiary alicyclic amines) is 1. The Morgan fingerprint density at radius 1 is 1.11 bits per heavy atom. The molecule has 1 N–H and O–H groups in total. The summed E-state index contributed by atoms with van der Waals surface area (Å²) < 4.78 is 0. The second-order valence-corrected chi connectivity index (χ2v) is 7.24. The quantitative estimate of drug-likeness (QED) is 0.810. The van der Waals surface area contributed by atoms with Crippen LogP contribution in [-0.2, 0) is 0 Å². The molecule has 0 radical (unpaired) electrons. The maximum Gasteiger partial charge on any atom is 0.00132 e. The van der Waals surface area contributed by atoms with E-state index >= 15 is 0 Å². The van der Waals surface area contributed by atoms with E-state index in [1.807, 2.05) is 0 Å². The van der Waals surface area contributed by atoms with Gasteiger partial charge < -0.3 is 10.2 Å².